The lowest BCUT2D eigenvalue weighted by Gasteiger charge is -2.05. The van der Waals surface area contributed by atoms with Gasteiger partial charge in [0.05, 0.1) is 12.7 Å². The summed E-state index contributed by atoms with van der Waals surface area (Å²) in [5.41, 5.74) is 0.751. The highest BCUT2D eigenvalue weighted by molar-refractivity contribution is 5.88. The van der Waals surface area contributed by atoms with E-state index in [1.807, 2.05) is 6.92 Å². The Hall–Kier alpha value is -2.77. The van der Waals surface area contributed by atoms with Crippen LogP contribution >= 0.6 is 0 Å². The first kappa shape index (κ1) is 14.6. The Labute approximate surface area is 120 Å². The Morgan fingerprint density at radius 1 is 1.38 bits per heavy atom. The van der Waals surface area contributed by atoms with Crippen molar-refractivity contribution in [2.24, 2.45) is 0 Å². The van der Waals surface area contributed by atoms with Crippen LogP contribution in [0.5, 0.6) is 0 Å². The number of pyridine rings is 1. The lowest BCUT2D eigenvalue weighted by atomic mass is 10.1. The van der Waals surface area contributed by atoms with Crippen molar-refractivity contribution in [1.82, 2.24) is 19.7 Å². The Balaban J connectivity index is 2.44. The van der Waals surface area contributed by atoms with Gasteiger partial charge in [0, 0.05) is 5.69 Å². The van der Waals surface area contributed by atoms with Gasteiger partial charge in [-0.25, -0.2) is 24.2 Å². The number of carbonyl (C=O) groups excluding carboxylic acids is 1. The number of carboxylic acid groups (broad SMARTS) is 1. The van der Waals surface area contributed by atoms with Crippen LogP contribution < -0.4 is 0 Å². The highest BCUT2D eigenvalue weighted by atomic mass is 16.5. The molecular weight excluding hydrogens is 276 g/mol. The number of methoxy groups -OCH3 is 1. The van der Waals surface area contributed by atoms with Crippen LogP contribution in [0.4, 0.5) is 0 Å². The average Bonchev–Trinajstić information content (AvgIpc) is 2.96. The number of carboxylic acids is 1. The van der Waals surface area contributed by atoms with Gasteiger partial charge in [0.25, 0.3) is 5.82 Å². The first-order valence-corrected chi connectivity index (χ1v) is 6.29. The number of hydrogen-bond acceptors (Lipinski definition) is 6. The monoisotopic (exact) mass is 290 g/mol. The maximum Gasteiger partial charge on any atom is 0.377 e. The summed E-state index contributed by atoms with van der Waals surface area (Å²) in [6, 6.07) is 2.89. The lowest BCUT2D eigenvalue weighted by Crippen LogP contribution is -2.08. The fourth-order valence-corrected chi connectivity index (χ4v) is 1.76. The molecule has 2 aromatic heterocycles. The van der Waals surface area contributed by atoms with Crippen LogP contribution in [-0.4, -0.2) is 43.9 Å². The minimum atomic E-state index is -1.05. The van der Waals surface area contributed by atoms with E-state index in [0.29, 0.717) is 17.9 Å². The molecule has 0 aliphatic rings. The molecule has 0 aliphatic carbocycles. The fraction of sp³-hybridized carbons (Fsp3) is 0.308. The van der Waals surface area contributed by atoms with Gasteiger partial charge in [0.15, 0.2) is 5.82 Å². The molecule has 0 unspecified atom stereocenters. The number of hydrogen-bond donors (Lipinski definition) is 1. The molecule has 2 heterocycles. The van der Waals surface area contributed by atoms with E-state index in [2.05, 4.69) is 19.8 Å². The molecule has 0 bridgehead atoms. The van der Waals surface area contributed by atoms with E-state index in [1.54, 1.807) is 0 Å². The fourth-order valence-electron chi connectivity index (χ4n) is 1.76. The number of ether oxygens (including phenoxy) is 1. The first-order chi connectivity index (χ1) is 10.0. The molecule has 2 aromatic rings. The van der Waals surface area contributed by atoms with Gasteiger partial charge in [0.1, 0.15) is 6.33 Å². The Kier molecular flexibility index (Phi) is 4.27. The zero-order valence-corrected chi connectivity index (χ0v) is 11.6. The maximum absolute atomic E-state index is 11.3. The number of aromatic carboxylic acids is 1. The average molecular weight is 290 g/mol. The molecule has 0 radical (unpaired) electrons. The summed E-state index contributed by atoms with van der Waals surface area (Å²) in [4.78, 5) is 30.6. The molecule has 110 valence electrons. The van der Waals surface area contributed by atoms with Crippen LogP contribution in [0, 0.1) is 0 Å². The van der Waals surface area contributed by atoms with Crippen LogP contribution in [0.3, 0.4) is 0 Å². The molecule has 0 atom stereocenters. The van der Waals surface area contributed by atoms with Gasteiger partial charge in [-0.15, -0.1) is 5.10 Å². The predicted octanol–water partition coefficient (Wildman–Crippen LogP) is 1.10. The maximum atomic E-state index is 11.3. The summed E-state index contributed by atoms with van der Waals surface area (Å²) in [6.07, 6.45) is 2.77. The Morgan fingerprint density at radius 3 is 2.76 bits per heavy atom. The molecule has 0 saturated heterocycles. The van der Waals surface area contributed by atoms with E-state index in [9.17, 15) is 9.59 Å². The molecule has 0 amide bonds. The first-order valence-electron chi connectivity index (χ1n) is 6.29. The second-order valence-corrected chi connectivity index (χ2v) is 4.26. The van der Waals surface area contributed by atoms with Gasteiger partial charge in [-0.1, -0.05) is 13.3 Å². The summed E-state index contributed by atoms with van der Waals surface area (Å²) >= 11 is 0. The minimum absolute atomic E-state index is 0.110. The van der Waals surface area contributed by atoms with Gasteiger partial charge in [0.2, 0.25) is 0 Å². The number of aromatic nitrogens is 4. The molecule has 1 N–H and O–H groups in total. The summed E-state index contributed by atoms with van der Waals surface area (Å²) < 4.78 is 5.77. The number of rotatable bonds is 5. The van der Waals surface area contributed by atoms with Crippen LogP contribution in [0.2, 0.25) is 0 Å². The largest absolute Gasteiger partial charge is 0.478 e. The van der Waals surface area contributed by atoms with Crippen LogP contribution in [0.15, 0.2) is 18.5 Å². The van der Waals surface area contributed by atoms with Crippen LogP contribution in [0.25, 0.3) is 5.82 Å². The Morgan fingerprint density at radius 2 is 2.14 bits per heavy atom. The summed E-state index contributed by atoms with van der Waals surface area (Å²) in [7, 11) is 1.23. The third kappa shape index (κ3) is 3.22. The second kappa shape index (κ2) is 6.12. The second-order valence-electron chi connectivity index (χ2n) is 4.26. The molecule has 21 heavy (non-hydrogen) atoms. The number of esters is 1. The third-order valence-corrected chi connectivity index (χ3v) is 2.71. The van der Waals surface area contributed by atoms with E-state index >= 15 is 0 Å². The van der Waals surface area contributed by atoms with Crippen LogP contribution in [0.1, 0.15) is 40.0 Å². The molecule has 8 heteroatoms. The van der Waals surface area contributed by atoms with Crippen molar-refractivity contribution in [1.29, 1.82) is 0 Å². The molecule has 0 saturated carbocycles. The predicted molar refractivity (Wildman–Crippen MR) is 71.4 cm³/mol. The van der Waals surface area contributed by atoms with Crippen molar-refractivity contribution >= 4 is 11.9 Å². The normalized spacial score (nSPS) is 10.4. The van der Waals surface area contributed by atoms with Gasteiger partial charge in [-0.2, -0.15) is 0 Å². The Bertz CT molecular complexity index is 681. The van der Waals surface area contributed by atoms with E-state index in [0.717, 1.165) is 6.42 Å². The SMILES string of the molecule is CCCc1cc(C(=O)O)cc(-n2cnc(C(=O)OC)n2)n1. The smallest absolute Gasteiger partial charge is 0.377 e. The van der Waals surface area contributed by atoms with E-state index in [1.165, 1.54) is 30.3 Å². The number of carbonyl (C=O) groups is 2. The van der Waals surface area contributed by atoms with E-state index < -0.39 is 11.9 Å². The van der Waals surface area contributed by atoms with E-state index in [-0.39, 0.29) is 11.4 Å². The highest BCUT2D eigenvalue weighted by Crippen LogP contribution is 2.12. The van der Waals surface area contributed by atoms with Crippen molar-refractivity contribution in [3.8, 4) is 5.82 Å². The van der Waals surface area contributed by atoms with Gasteiger partial charge in [-0.3, -0.25) is 0 Å². The topological polar surface area (TPSA) is 107 Å². The summed E-state index contributed by atoms with van der Waals surface area (Å²) in [6.45, 7) is 1.97. The van der Waals surface area contributed by atoms with Gasteiger partial charge in [-0.05, 0) is 18.6 Å². The molecule has 0 fully saturated rings. The van der Waals surface area contributed by atoms with Crippen molar-refractivity contribution < 1.29 is 19.4 Å². The van der Waals surface area contributed by atoms with Gasteiger partial charge < -0.3 is 9.84 Å². The molecule has 2 rings (SSSR count). The highest BCUT2D eigenvalue weighted by Gasteiger charge is 2.14. The van der Waals surface area contributed by atoms with Gasteiger partial charge >= 0.3 is 11.9 Å². The molecule has 0 spiro atoms. The number of aryl methyl sites for hydroxylation is 1. The summed E-state index contributed by atoms with van der Waals surface area (Å²) in [5.74, 6) is -1.54. The van der Waals surface area contributed by atoms with E-state index in [4.69, 9.17) is 5.11 Å². The minimum Gasteiger partial charge on any atom is -0.478 e. The zero-order chi connectivity index (χ0) is 15.4. The quantitative estimate of drug-likeness (QED) is 0.821. The summed E-state index contributed by atoms with van der Waals surface area (Å²) in [5, 5.41) is 13.1. The molecule has 8 nitrogen and oxygen atoms in total. The van der Waals surface area contributed by atoms with Crippen molar-refractivity contribution in [3.63, 3.8) is 0 Å². The van der Waals surface area contributed by atoms with Crippen molar-refractivity contribution in [2.45, 2.75) is 19.8 Å². The zero-order valence-electron chi connectivity index (χ0n) is 11.6. The molecular formula is C13H14N4O4. The third-order valence-electron chi connectivity index (χ3n) is 2.71. The lowest BCUT2D eigenvalue weighted by molar-refractivity contribution is 0.0586. The number of nitrogens with zero attached hydrogens (tertiary/aromatic N) is 4. The molecule has 0 aliphatic heterocycles. The van der Waals surface area contributed by atoms with Crippen molar-refractivity contribution in [2.75, 3.05) is 7.11 Å². The standard InChI is InChI=1S/C13H14N4O4/c1-3-4-9-5-8(12(18)19)6-10(15-9)17-7-14-11(16-17)13(20)21-2/h5-7H,3-4H2,1-2H3,(H,18,19). The molecule has 0 aromatic carbocycles. The van der Waals surface area contributed by atoms with Crippen molar-refractivity contribution in [3.05, 3.63) is 35.5 Å². The van der Waals surface area contributed by atoms with Crippen LogP contribution in [-0.2, 0) is 11.2 Å².